The Hall–Kier alpha value is -2.18. The van der Waals surface area contributed by atoms with Crippen LogP contribution >= 0.6 is 11.3 Å². The summed E-state index contributed by atoms with van der Waals surface area (Å²) in [4.78, 5) is 3.84. The summed E-state index contributed by atoms with van der Waals surface area (Å²) < 4.78 is 12.3. The van der Waals surface area contributed by atoms with E-state index in [1.165, 1.54) is 16.0 Å². The van der Waals surface area contributed by atoms with Gasteiger partial charge in [-0.05, 0) is 62.6 Å². The highest BCUT2D eigenvalue weighted by molar-refractivity contribution is 7.10. The predicted molar refractivity (Wildman–Crippen MR) is 137 cm³/mol. The summed E-state index contributed by atoms with van der Waals surface area (Å²) in [5.74, 6) is 1.00. The molecule has 1 aromatic heterocycles. The Morgan fingerprint density at radius 2 is 1.76 bits per heavy atom. The molecule has 1 saturated heterocycles. The Kier molecular flexibility index (Phi) is 8.57. The first-order valence-electron chi connectivity index (χ1n) is 11.9. The van der Waals surface area contributed by atoms with Gasteiger partial charge in [-0.1, -0.05) is 54.6 Å². The van der Waals surface area contributed by atoms with E-state index in [0.717, 1.165) is 57.8 Å². The summed E-state index contributed by atoms with van der Waals surface area (Å²) in [5.41, 5.74) is 2.78. The van der Waals surface area contributed by atoms with Gasteiger partial charge in [0.05, 0.1) is 6.61 Å². The van der Waals surface area contributed by atoms with Crippen molar-refractivity contribution in [3.05, 3.63) is 88.1 Å². The molecular formula is C28H36N2O2S. The SMILES string of the molecule is CNCCC(Oc1ccccc1CN1CCC(COC)(c2ccccc2)CC1)c1cccs1. The van der Waals surface area contributed by atoms with Crippen molar-refractivity contribution in [3.8, 4) is 5.75 Å². The van der Waals surface area contributed by atoms with Gasteiger partial charge in [0.25, 0.3) is 0 Å². The minimum atomic E-state index is 0.0763. The van der Waals surface area contributed by atoms with E-state index in [4.69, 9.17) is 9.47 Å². The van der Waals surface area contributed by atoms with Crippen molar-refractivity contribution in [2.24, 2.45) is 0 Å². The number of benzene rings is 2. The number of para-hydroxylation sites is 1. The summed E-state index contributed by atoms with van der Waals surface area (Å²) in [6.07, 6.45) is 3.24. The van der Waals surface area contributed by atoms with Gasteiger partial charge in [0.2, 0.25) is 0 Å². The molecule has 33 heavy (non-hydrogen) atoms. The van der Waals surface area contributed by atoms with E-state index in [2.05, 4.69) is 82.3 Å². The molecule has 3 aromatic rings. The molecule has 2 heterocycles. The highest BCUT2D eigenvalue weighted by atomic mass is 32.1. The molecule has 0 radical (unpaired) electrons. The number of hydrogen-bond donors (Lipinski definition) is 1. The first-order chi connectivity index (χ1) is 16.2. The average Bonchev–Trinajstić information content (AvgIpc) is 3.40. The molecule has 1 unspecified atom stereocenters. The van der Waals surface area contributed by atoms with Crippen LogP contribution in [0.5, 0.6) is 5.75 Å². The van der Waals surface area contributed by atoms with Gasteiger partial charge >= 0.3 is 0 Å². The van der Waals surface area contributed by atoms with Crippen LogP contribution in [0.3, 0.4) is 0 Å². The van der Waals surface area contributed by atoms with E-state index in [1.807, 2.05) is 14.2 Å². The number of hydrogen-bond acceptors (Lipinski definition) is 5. The molecule has 5 heteroatoms. The van der Waals surface area contributed by atoms with Crippen LogP contribution in [0, 0.1) is 0 Å². The molecule has 0 aliphatic carbocycles. The van der Waals surface area contributed by atoms with E-state index in [-0.39, 0.29) is 11.5 Å². The van der Waals surface area contributed by atoms with E-state index in [9.17, 15) is 0 Å². The highest BCUT2D eigenvalue weighted by Crippen LogP contribution is 2.37. The number of piperidine rings is 1. The molecule has 0 saturated carbocycles. The van der Waals surface area contributed by atoms with Crippen molar-refractivity contribution in [2.75, 3.05) is 40.4 Å². The van der Waals surface area contributed by atoms with Crippen molar-refractivity contribution < 1.29 is 9.47 Å². The Labute approximate surface area is 202 Å². The first-order valence-corrected chi connectivity index (χ1v) is 12.8. The van der Waals surface area contributed by atoms with Gasteiger partial charge in [0.1, 0.15) is 11.9 Å². The van der Waals surface area contributed by atoms with Crippen molar-refractivity contribution in [1.29, 1.82) is 0 Å². The topological polar surface area (TPSA) is 33.7 Å². The lowest BCUT2D eigenvalue weighted by Crippen LogP contribution is -2.44. The number of methoxy groups -OCH3 is 1. The molecule has 2 aromatic carbocycles. The third-order valence-electron chi connectivity index (χ3n) is 6.77. The molecule has 1 N–H and O–H groups in total. The van der Waals surface area contributed by atoms with Crippen LogP contribution in [0.1, 0.15) is 41.4 Å². The minimum Gasteiger partial charge on any atom is -0.485 e. The molecular weight excluding hydrogens is 428 g/mol. The minimum absolute atomic E-state index is 0.0763. The number of rotatable bonds is 11. The summed E-state index contributed by atoms with van der Waals surface area (Å²) in [7, 11) is 3.82. The normalized spacial score (nSPS) is 17.0. The van der Waals surface area contributed by atoms with Gasteiger partial charge in [-0.15, -0.1) is 11.3 Å². The average molecular weight is 465 g/mol. The van der Waals surface area contributed by atoms with Crippen molar-refractivity contribution in [1.82, 2.24) is 10.2 Å². The van der Waals surface area contributed by atoms with Crippen LogP contribution < -0.4 is 10.1 Å². The van der Waals surface area contributed by atoms with E-state index in [1.54, 1.807) is 11.3 Å². The summed E-state index contributed by atoms with van der Waals surface area (Å²) >= 11 is 1.77. The highest BCUT2D eigenvalue weighted by Gasteiger charge is 2.36. The number of nitrogens with one attached hydrogen (secondary N) is 1. The molecule has 1 aliphatic heterocycles. The Morgan fingerprint density at radius 1 is 1.00 bits per heavy atom. The Bertz CT molecular complexity index is 953. The lowest BCUT2D eigenvalue weighted by molar-refractivity contribution is 0.0695. The molecule has 0 spiro atoms. The van der Waals surface area contributed by atoms with Gasteiger partial charge in [-0.2, -0.15) is 0 Å². The monoisotopic (exact) mass is 464 g/mol. The second-order valence-corrected chi connectivity index (χ2v) is 9.96. The lowest BCUT2D eigenvalue weighted by atomic mass is 9.73. The fraction of sp³-hybridized carbons (Fsp3) is 0.429. The molecule has 1 fully saturated rings. The third kappa shape index (κ3) is 6.04. The van der Waals surface area contributed by atoms with Crippen molar-refractivity contribution in [2.45, 2.75) is 37.3 Å². The Balaban J connectivity index is 1.44. The molecule has 0 bridgehead atoms. The van der Waals surface area contributed by atoms with Gasteiger partial charge in [-0.3, -0.25) is 4.90 Å². The van der Waals surface area contributed by atoms with E-state index >= 15 is 0 Å². The zero-order chi connectivity index (χ0) is 22.9. The molecule has 4 nitrogen and oxygen atoms in total. The predicted octanol–water partition coefficient (Wildman–Crippen LogP) is 5.66. The zero-order valence-electron chi connectivity index (χ0n) is 19.8. The largest absolute Gasteiger partial charge is 0.485 e. The molecule has 1 atom stereocenters. The maximum absolute atomic E-state index is 6.61. The van der Waals surface area contributed by atoms with Gasteiger partial charge < -0.3 is 14.8 Å². The maximum atomic E-state index is 6.61. The second-order valence-electron chi connectivity index (χ2n) is 8.98. The standard InChI is InChI=1S/C28H36N2O2S/c1-29-17-14-26(27-13-8-20-33-27)32-25-12-7-6-9-23(25)21-30-18-15-28(16-19-30,22-31-2)24-10-4-3-5-11-24/h3-13,20,26,29H,14-19,21-22H2,1-2H3. The van der Waals surface area contributed by atoms with Gasteiger partial charge in [0, 0.05) is 35.9 Å². The summed E-state index contributed by atoms with van der Waals surface area (Å²) in [6.45, 7) is 4.73. The number of thiophene rings is 1. The number of likely N-dealkylation sites (tertiary alicyclic amines) is 1. The van der Waals surface area contributed by atoms with Crippen LogP contribution in [0.4, 0.5) is 0 Å². The van der Waals surface area contributed by atoms with E-state index in [0.29, 0.717) is 0 Å². The van der Waals surface area contributed by atoms with Crippen molar-refractivity contribution >= 4 is 11.3 Å². The maximum Gasteiger partial charge on any atom is 0.134 e. The van der Waals surface area contributed by atoms with Crippen LogP contribution in [0.15, 0.2) is 72.1 Å². The van der Waals surface area contributed by atoms with Crippen molar-refractivity contribution in [3.63, 3.8) is 0 Å². The molecule has 0 amide bonds. The zero-order valence-corrected chi connectivity index (χ0v) is 20.7. The Morgan fingerprint density at radius 3 is 2.45 bits per heavy atom. The molecule has 1 aliphatic rings. The summed E-state index contributed by atoms with van der Waals surface area (Å²) in [5, 5.41) is 5.39. The number of nitrogens with zero attached hydrogens (tertiary/aromatic N) is 1. The van der Waals surface area contributed by atoms with Crippen LogP contribution in [-0.2, 0) is 16.7 Å². The first kappa shape index (κ1) is 24.0. The van der Waals surface area contributed by atoms with Crippen LogP contribution in [0.2, 0.25) is 0 Å². The van der Waals surface area contributed by atoms with Gasteiger partial charge in [-0.25, -0.2) is 0 Å². The van der Waals surface area contributed by atoms with Crippen LogP contribution in [0.25, 0.3) is 0 Å². The second kappa shape index (κ2) is 11.8. The smallest absolute Gasteiger partial charge is 0.134 e. The summed E-state index contributed by atoms with van der Waals surface area (Å²) in [6, 6.07) is 23.7. The fourth-order valence-corrected chi connectivity index (χ4v) is 5.67. The van der Waals surface area contributed by atoms with E-state index < -0.39 is 0 Å². The number of ether oxygens (including phenoxy) is 2. The fourth-order valence-electron chi connectivity index (χ4n) is 4.88. The molecule has 4 rings (SSSR count). The van der Waals surface area contributed by atoms with Gasteiger partial charge in [0.15, 0.2) is 0 Å². The van der Waals surface area contributed by atoms with Crippen LogP contribution in [-0.4, -0.2) is 45.3 Å². The lowest BCUT2D eigenvalue weighted by Gasteiger charge is -2.42. The molecule has 176 valence electrons. The quantitative estimate of drug-likeness (QED) is 0.397. The third-order valence-corrected chi connectivity index (χ3v) is 7.74.